The van der Waals surface area contributed by atoms with E-state index >= 15 is 0 Å². The van der Waals surface area contributed by atoms with Crippen molar-refractivity contribution in [3.63, 3.8) is 0 Å². The van der Waals surface area contributed by atoms with Crippen LogP contribution in [0.1, 0.15) is 43.5 Å². The van der Waals surface area contributed by atoms with Crippen molar-refractivity contribution in [1.29, 1.82) is 0 Å². The minimum Gasteiger partial charge on any atom is -0.446 e. The average molecular weight is 545 g/mol. The molecule has 4 rings (SSSR count). The maximum atomic E-state index is 14.1. The highest BCUT2D eigenvalue weighted by Crippen LogP contribution is 2.31. The molecule has 1 heterocycles. The lowest BCUT2D eigenvalue weighted by Crippen LogP contribution is -2.48. The molecule has 1 fully saturated rings. The third-order valence-electron chi connectivity index (χ3n) is 6.65. The van der Waals surface area contributed by atoms with Gasteiger partial charge in [-0.15, -0.1) is 0 Å². The summed E-state index contributed by atoms with van der Waals surface area (Å²) in [6.45, 7) is 5.34. The van der Waals surface area contributed by atoms with Crippen LogP contribution in [0.15, 0.2) is 91.0 Å². The Morgan fingerprint density at radius 2 is 1.50 bits per heavy atom. The zero-order chi connectivity index (χ0) is 28.7. The summed E-state index contributed by atoms with van der Waals surface area (Å²) in [5.41, 5.74) is 1.67. The van der Waals surface area contributed by atoms with E-state index < -0.39 is 41.8 Å². The van der Waals surface area contributed by atoms with Crippen LogP contribution < -0.4 is 0 Å². The van der Waals surface area contributed by atoms with E-state index in [-0.39, 0.29) is 26.1 Å². The van der Waals surface area contributed by atoms with Gasteiger partial charge in [-0.05, 0) is 43.9 Å². The molecule has 0 unspecified atom stereocenters. The molecule has 3 atom stereocenters. The summed E-state index contributed by atoms with van der Waals surface area (Å²) in [6, 6.07) is 27.2. The van der Waals surface area contributed by atoms with Gasteiger partial charge in [-0.3, -0.25) is 4.79 Å². The predicted octanol–water partition coefficient (Wildman–Crippen LogP) is 5.36. The van der Waals surface area contributed by atoms with E-state index in [4.69, 9.17) is 9.47 Å². The van der Waals surface area contributed by atoms with Gasteiger partial charge in [0.05, 0.1) is 18.6 Å². The highest BCUT2D eigenvalue weighted by molar-refractivity contribution is 5.95. The molecule has 0 spiro atoms. The second-order valence-electron chi connectivity index (χ2n) is 10.9. The number of hydrogen-bond acceptors (Lipinski definition) is 6. The number of rotatable bonds is 9. The number of ether oxygens (including phenoxy) is 2. The fraction of sp³-hybridized carbons (Fsp3) is 0.344. The third kappa shape index (κ3) is 7.48. The maximum Gasteiger partial charge on any atom is 0.417 e. The highest BCUT2D eigenvalue weighted by Gasteiger charge is 2.44. The maximum absolute atomic E-state index is 14.1. The number of cyclic esters (lactones) is 1. The molecule has 3 aromatic carbocycles. The van der Waals surface area contributed by atoms with Gasteiger partial charge in [-0.25, -0.2) is 14.5 Å². The Morgan fingerprint density at radius 1 is 0.950 bits per heavy atom. The van der Waals surface area contributed by atoms with Gasteiger partial charge in [0.15, 0.2) is 0 Å². The smallest absolute Gasteiger partial charge is 0.417 e. The van der Waals surface area contributed by atoms with Crippen LogP contribution in [0.2, 0.25) is 0 Å². The SMILES string of the molecule is CC(C)(C)OC(=O)N(Cc1ccccc1)C[C@H](O)[C@@H](Cc1ccccc1)C(=O)N1C(=O)OC[C@@H]1c1ccccc1. The van der Waals surface area contributed by atoms with E-state index in [9.17, 15) is 19.5 Å². The second-order valence-corrected chi connectivity index (χ2v) is 10.9. The summed E-state index contributed by atoms with van der Waals surface area (Å²) < 4.78 is 10.9. The molecule has 0 saturated carbocycles. The highest BCUT2D eigenvalue weighted by atomic mass is 16.6. The lowest BCUT2D eigenvalue weighted by atomic mass is 9.91. The van der Waals surface area contributed by atoms with Crippen LogP contribution in [-0.2, 0) is 27.2 Å². The van der Waals surface area contributed by atoms with Crippen LogP contribution in [0.25, 0.3) is 0 Å². The van der Waals surface area contributed by atoms with Crippen LogP contribution in [0.3, 0.4) is 0 Å². The summed E-state index contributed by atoms with van der Waals surface area (Å²) >= 11 is 0. The summed E-state index contributed by atoms with van der Waals surface area (Å²) in [7, 11) is 0. The molecule has 210 valence electrons. The molecule has 0 aromatic heterocycles. The zero-order valence-electron chi connectivity index (χ0n) is 23.1. The number of carbonyl (C=O) groups excluding carboxylic acids is 3. The fourth-order valence-electron chi connectivity index (χ4n) is 4.71. The van der Waals surface area contributed by atoms with Crippen LogP contribution in [0.4, 0.5) is 9.59 Å². The topological polar surface area (TPSA) is 96.4 Å². The van der Waals surface area contributed by atoms with E-state index in [1.807, 2.05) is 91.0 Å². The van der Waals surface area contributed by atoms with Gasteiger partial charge >= 0.3 is 12.2 Å². The minimum absolute atomic E-state index is 0.0286. The van der Waals surface area contributed by atoms with Crippen molar-refractivity contribution in [2.24, 2.45) is 5.92 Å². The molecular weight excluding hydrogens is 508 g/mol. The van der Waals surface area contributed by atoms with Crippen LogP contribution in [0, 0.1) is 5.92 Å². The standard InChI is InChI=1S/C32H36N2O6/c1-32(2,3)40-30(37)33(20-24-15-9-5-10-16-24)21-28(35)26(19-23-13-7-4-8-14-23)29(36)34-27(22-39-31(34)38)25-17-11-6-12-18-25/h4-18,26-28,35H,19-22H2,1-3H3/t26-,27-,28+/m1/s1. The number of aliphatic hydroxyl groups is 1. The average Bonchev–Trinajstić information content (AvgIpc) is 3.33. The lowest BCUT2D eigenvalue weighted by molar-refractivity contribution is -0.137. The Bertz CT molecular complexity index is 1280. The van der Waals surface area contributed by atoms with Crippen molar-refractivity contribution in [2.45, 2.75) is 51.5 Å². The molecule has 0 bridgehead atoms. The quantitative estimate of drug-likeness (QED) is 0.389. The molecule has 1 aliphatic heterocycles. The Morgan fingerprint density at radius 3 is 2.08 bits per heavy atom. The third-order valence-corrected chi connectivity index (χ3v) is 6.65. The summed E-state index contributed by atoms with van der Waals surface area (Å²) in [4.78, 5) is 42.6. The molecule has 3 aromatic rings. The van der Waals surface area contributed by atoms with Crippen molar-refractivity contribution in [1.82, 2.24) is 9.80 Å². The van der Waals surface area contributed by atoms with E-state index in [0.717, 1.165) is 21.6 Å². The zero-order valence-corrected chi connectivity index (χ0v) is 23.1. The Labute approximate surface area is 235 Å². The first-order valence-corrected chi connectivity index (χ1v) is 13.4. The van der Waals surface area contributed by atoms with Gasteiger partial charge in [0, 0.05) is 6.54 Å². The van der Waals surface area contributed by atoms with Gasteiger partial charge < -0.3 is 19.5 Å². The van der Waals surface area contributed by atoms with Gasteiger partial charge in [0.25, 0.3) is 0 Å². The molecule has 8 nitrogen and oxygen atoms in total. The van der Waals surface area contributed by atoms with E-state index in [2.05, 4.69) is 0 Å². The summed E-state index contributed by atoms with van der Waals surface area (Å²) in [5.74, 6) is -1.59. The van der Waals surface area contributed by atoms with Crippen LogP contribution in [0.5, 0.6) is 0 Å². The first kappa shape index (κ1) is 28.8. The van der Waals surface area contributed by atoms with Gasteiger partial charge in [-0.1, -0.05) is 91.0 Å². The monoisotopic (exact) mass is 544 g/mol. The van der Waals surface area contributed by atoms with Crippen molar-refractivity contribution in [3.8, 4) is 0 Å². The molecule has 0 radical (unpaired) electrons. The minimum atomic E-state index is -1.30. The first-order valence-electron chi connectivity index (χ1n) is 13.4. The van der Waals surface area contributed by atoms with E-state index in [1.54, 1.807) is 20.8 Å². The molecule has 1 N–H and O–H groups in total. The number of imide groups is 1. The Hall–Kier alpha value is -4.17. The second kappa shape index (κ2) is 12.8. The fourth-order valence-corrected chi connectivity index (χ4v) is 4.71. The molecule has 1 aliphatic rings. The lowest BCUT2D eigenvalue weighted by Gasteiger charge is -2.32. The number of benzene rings is 3. The number of hydrogen-bond donors (Lipinski definition) is 1. The number of amides is 3. The van der Waals surface area contributed by atoms with E-state index in [0.29, 0.717) is 0 Å². The molecule has 40 heavy (non-hydrogen) atoms. The number of carbonyl (C=O) groups is 3. The Balaban J connectivity index is 1.63. The number of nitrogens with zero attached hydrogens (tertiary/aromatic N) is 2. The van der Waals surface area contributed by atoms with Crippen LogP contribution in [-0.4, -0.2) is 57.9 Å². The van der Waals surface area contributed by atoms with Crippen molar-refractivity contribution in [3.05, 3.63) is 108 Å². The molecular formula is C32H36N2O6. The molecule has 1 saturated heterocycles. The number of aliphatic hydroxyl groups excluding tert-OH is 1. The van der Waals surface area contributed by atoms with Crippen LogP contribution >= 0.6 is 0 Å². The molecule has 0 aliphatic carbocycles. The molecule has 3 amide bonds. The largest absolute Gasteiger partial charge is 0.446 e. The first-order chi connectivity index (χ1) is 19.1. The molecule has 8 heteroatoms. The van der Waals surface area contributed by atoms with Crippen molar-refractivity contribution >= 4 is 18.1 Å². The Kier molecular flexibility index (Phi) is 9.22. The summed E-state index contributed by atoms with van der Waals surface area (Å²) in [6.07, 6.45) is -2.49. The van der Waals surface area contributed by atoms with Crippen molar-refractivity contribution < 1.29 is 29.0 Å². The van der Waals surface area contributed by atoms with Gasteiger partial charge in [-0.2, -0.15) is 0 Å². The van der Waals surface area contributed by atoms with Crippen molar-refractivity contribution in [2.75, 3.05) is 13.2 Å². The predicted molar refractivity (Wildman–Crippen MR) is 150 cm³/mol. The van der Waals surface area contributed by atoms with E-state index in [1.165, 1.54) is 4.90 Å². The normalized spacial score (nSPS) is 16.6. The van der Waals surface area contributed by atoms with Gasteiger partial charge in [0.2, 0.25) is 5.91 Å². The summed E-state index contributed by atoms with van der Waals surface area (Å²) in [5, 5.41) is 11.6. The van der Waals surface area contributed by atoms with Gasteiger partial charge in [0.1, 0.15) is 18.2 Å².